The second-order valence-electron chi connectivity index (χ2n) is 5.36. The predicted octanol–water partition coefficient (Wildman–Crippen LogP) is 0.829. The third kappa shape index (κ3) is 2.06. The van der Waals surface area contributed by atoms with Crippen molar-refractivity contribution in [3.63, 3.8) is 0 Å². The molecule has 2 N–H and O–H groups in total. The molecule has 1 rings (SSSR count). The number of carboxylic acid groups (broad SMARTS) is 1. The van der Waals surface area contributed by atoms with E-state index in [2.05, 4.69) is 5.32 Å². The lowest BCUT2D eigenvalue weighted by Crippen LogP contribution is -2.45. The van der Waals surface area contributed by atoms with Crippen LogP contribution in [0.4, 0.5) is 0 Å². The maximum atomic E-state index is 11.9. The average molecular weight is 241 g/mol. The second-order valence-corrected chi connectivity index (χ2v) is 5.36. The number of hydrogen-bond donors (Lipinski definition) is 2. The Hall–Kier alpha value is -1.39. The van der Waals surface area contributed by atoms with Crippen LogP contribution in [0.25, 0.3) is 0 Å². The number of carboxylic acids is 1. The highest BCUT2D eigenvalue weighted by molar-refractivity contribution is 5.84. The lowest BCUT2D eigenvalue weighted by atomic mass is 9.65. The number of hydrogen-bond acceptors (Lipinski definition) is 3. The minimum Gasteiger partial charge on any atom is -0.481 e. The molecular formula is C12H19NO4. The molecule has 1 saturated carbocycles. The molecule has 0 spiro atoms. The first-order valence-electron chi connectivity index (χ1n) is 5.72. The van der Waals surface area contributed by atoms with Gasteiger partial charge in [0.2, 0.25) is 5.91 Å². The van der Waals surface area contributed by atoms with Crippen LogP contribution in [0.1, 0.15) is 33.6 Å². The van der Waals surface area contributed by atoms with Gasteiger partial charge in [-0.3, -0.25) is 9.59 Å². The van der Waals surface area contributed by atoms with Gasteiger partial charge in [-0.15, -0.1) is 0 Å². The van der Waals surface area contributed by atoms with Crippen LogP contribution in [0.2, 0.25) is 0 Å². The molecule has 96 valence electrons. The number of rotatable bonds is 4. The summed E-state index contributed by atoms with van der Waals surface area (Å²) in [4.78, 5) is 33.4. The lowest BCUT2D eigenvalue weighted by molar-refractivity contribution is -0.155. The van der Waals surface area contributed by atoms with E-state index in [-0.39, 0.29) is 18.4 Å². The first-order valence-corrected chi connectivity index (χ1v) is 5.72. The molecule has 0 unspecified atom stereocenters. The fourth-order valence-electron chi connectivity index (χ4n) is 2.61. The van der Waals surface area contributed by atoms with E-state index in [1.807, 2.05) is 0 Å². The Bertz CT molecular complexity index is 350. The summed E-state index contributed by atoms with van der Waals surface area (Å²) in [6.07, 6.45) is 1.64. The first kappa shape index (κ1) is 13.7. The fourth-order valence-corrected chi connectivity index (χ4v) is 2.61. The zero-order chi connectivity index (χ0) is 13.3. The van der Waals surface area contributed by atoms with Crippen molar-refractivity contribution in [2.45, 2.75) is 33.6 Å². The summed E-state index contributed by atoms with van der Waals surface area (Å²) in [5.41, 5.74) is -1.51. The quantitative estimate of drug-likeness (QED) is 0.714. The fraction of sp³-hybridized carbons (Fsp3) is 0.750. The van der Waals surface area contributed by atoms with Crippen LogP contribution < -0.4 is 5.32 Å². The van der Waals surface area contributed by atoms with E-state index >= 15 is 0 Å². The Labute approximate surface area is 101 Å². The molecule has 1 amide bonds. The van der Waals surface area contributed by atoms with Crippen molar-refractivity contribution in [1.29, 1.82) is 0 Å². The van der Waals surface area contributed by atoms with Crippen molar-refractivity contribution >= 4 is 18.2 Å². The Morgan fingerprint density at radius 1 is 1.41 bits per heavy atom. The molecule has 0 saturated heterocycles. The summed E-state index contributed by atoms with van der Waals surface area (Å²) in [6, 6.07) is 0. The normalized spacial score (nSPS) is 30.9. The van der Waals surface area contributed by atoms with Gasteiger partial charge in [0, 0.05) is 5.92 Å². The van der Waals surface area contributed by atoms with Gasteiger partial charge >= 0.3 is 5.97 Å². The third-order valence-electron chi connectivity index (χ3n) is 4.37. The summed E-state index contributed by atoms with van der Waals surface area (Å²) in [6.45, 7) is 5.27. The lowest BCUT2D eigenvalue weighted by Gasteiger charge is -2.37. The molecule has 0 aromatic rings. The highest BCUT2D eigenvalue weighted by Gasteiger charge is 2.58. The largest absolute Gasteiger partial charge is 0.481 e. The van der Waals surface area contributed by atoms with Gasteiger partial charge in [-0.2, -0.15) is 0 Å². The zero-order valence-electron chi connectivity index (χ0n) is 10.4. The molecule has 5 heteroatoms. The number of carbonyl (C=O) groups is 3. The number of amides is 1. The van der Waals surface area contributed by atoms with Gasteiger partial charge in [-0.05, 0) is 25.2 Å². The Kier molecular flexibility index (Phi) is 3.59. The third-order valence-corrected chi connectivity index (χ3v) is 4.37. The Morgan fingerprint density at radius 3 is 2.41 bits per heavy atom. The Morgan fingerprint density at radius 2 is 2.00 bits per heavy atom. The molecule has 1 aliphatic rings. The number of aliphatic carboxylic acids is 1. The van der Waals surface area contributed by atoms with E-state index in [4.69, 9.17) is 0 Å². The van der Waals surface area contributed by atoms with Crippen molar-refractivity contribution in [1.82, 2.24) is 5.32 Å². The van der Waals surface area contributed by atoms with Crippen LogP contribution in [0.3, 0.4) is 0 Å². The Balaban J connectivity index is 2.89. The van der Waals surface area contributed by atoms with Crippen molar-refractivity contribution in [3.05, 3.63) is 0 Å². The van der Waals surface area contributed by atoms with E-state index in [9.17, 15) is 19.5 Å². The molecule has 1 fully saturated rings. The minimum absolute atomic E-state index is 0.0187. The van der Waals surface area contributed by atoms with E-state index in [0.717, 1.165) is 0 Å². The molecule has 0 aromatic heterocycles. The van der Waals surface area contributed by atoms with Gasteiger partial charge in [-0.25, -0.2) is 0 Å². The van der Waals surface area contributed by atoms with Crippen molar-refractivity contribution < 1.29 is 19.5 Å². The van der Waals surface area contributed by atoms with Crippen LogP contribution in [-0.4, -0.2) is 29.8 Å². The van der Waals surface area contributed by atoms with Crippen LogP contribution in [-0.2, 0) is 14.4 Å². The molecule has 2 atom stereocenters. The number of nitrogens with one attached hydrogen (secondary N) is 1. The summed E-state index contributed by atoms with van der Waals surface area (Å²) in [5.74, 6) is -1.45. The van der Waals surface area contributed by atoms with Gasteiger partial charge in [0.05, 0.1) is 12.0 Å². The number of carbonyl (C=O) groups excluding carboxylic acids is 2. The topological polar surface area (TPSA) is 83.5 Å². The summed E-state index contributed by atoms with van der Waals surface area (Å²) < 4.78 is 0. The van der Waals surface area contributed by atoms with Gasteiger partial charge in [-0.1, -0.05) is 13.8 Å². The van der Waals surface area contributed by atoms with Gasteiger partial charge in [0.15, 0.2) is 0 Å². The highest BCUT2D eigenvalue weighted by Crippen LogP contribution is 2.56. The van der Waals surface area contributed by atoms with E-state index < -0.39 is 16.8 Å². The van der Waals surface area contributed by atoms with Crippen molar-refractivity contribution in [2.75, 3.05) is 6.54 Å². The molecular weight excluding hydrogens is 222 g/mol. The molecule has 17 heavy (non-hydrogen) atoms. The van der Waals surface area contributed by atoms with Crippen LogP contribution in [0.5, 0.6) is 0 Å². The molecule has 0 heterocycles. The minimum atomic E-state index is -0.893. The first-order chi connectivity index (χ1) is 7.77. The second kappa shape index (κ2) is 4.47. The maximum absolute atomic E-state index is 11.9. The molecule has 0 aliphatic heterocycles. The monoisotopic (exact) mass is 241 g/mol. The van der Waals surface area contributed by atoms with Crippen molar-refractivity contribution in [3.8, 4) is 0 Å². The number of aldehydes is 1. The highest BCUT2D eigenvalue weighted by atomic mass is 16.4. The molecule has 0 aromatic carbocycles. The molecule has 5 nitrogen and oxygen atoms in total. The van der Waals surface area contributed by atoms with Crippen LogP contribution in [0.15, 0.2) is 0 Å². The summed E-state index contributed by atoms with van der Waals surface area (Å²) >= 11 is 0. The maximum Gasteiger partial charge on any atom is 0.309 e. The zero-order valence-corrected chi connectivity index (χ0v) is 10.4. The van der Waals surface area contributed by atoms with E-state index in [0.29, 0.717) is 19.1 Å². The molecule has 1 aliphatic carbocycles. The standard InChI is InChI=1S/C12H19NO4/c1-11(2)8(9(15)13-6-7-14)4-5-12(11,3)10(16)17/h7-8H,4-6H2,1-3H3,(H,13,15)(H,16,17)/t8-,12-/m0/s1. The van der Waals surface area contributed by atoms with Gasteiger partial charge in [0.1, 0.15) is 6.29 Å². The predicted molar refractivity (Wildman–Crippen MR) is 61.3 cm³/mol. The summed E-state index contributed by atoms with van der Waals surface area (Å²) in [5, 5.41) is 11.8. The molecule has 0 radical (unpaired) electrons. The smallest absolute Gasteiger partial charge is 0.309 e. The van der Waals surface area contributed by atoms with Crippen LogP contribution >= 0.6 is 0 Å². The van der Waals surface area contributed by atoms with Gasteiger partial charge < -0.3 is 15.2 Å². The van der Waals surface area contributed by atoms with Crippen LogP contribution in [0, 0.1) is 16.7 Å². The van der Waals surface area contributed by atoms with Crippen molar-refractivity contribution in [2.24, 2.45) is 16.7 Å². The van der Waals surface area contributed by atoms with E-state index in [1.165, 1.54) is 0 Å². The van der Waals surface area contributed by atoms with E-state index in [1.54, 1.807) is 20.8 Å². The molecule has 0 bridgehead atoms. The summed E-state index contributed by atoms with van der Waals surface area (Å²) in [7, 11) is 0. The van der Waals surface area contributed by atoms with Gasteiger partial charge in [0.25, 0.3) is 0 Å². The SMILES string of the molecule is CC1(C)[C@H](C(=O)NCC=O)CC[C@@]1(C)C(=O)O. The average Bonchev–Trinajstić information content (AvgIpc) is 2.48.